The van der Waals surface area contributed by atoms with Crippen LogP contribution < -0.4 is 15.0 Å². The van der Waals surface area contributed by atoms with E-state index in [2.05, 4.69) is 5.32 Å². The lowest BCUT2D eigenvalue weighted by Crippen LogP contribution is -2.30. The molecule has 6 nitrogen and oxygen atoms in total. The number of anilines is 1. The fourth-order valence-corrected chi connectivity index (χ4v) is 3.04. The molecule has 130 valence electrons. The normalized spacial score (nSPS) is 14.0. The molecule has 2 aromatic carbocycles. The number of carbonyl (C=O) groups is 2. The Hall–Kier alpha value is -2.44. The Kier molecular flexibility index (Phi) is 4.74. The first-order chi connectivity index (χ1) is 11.9. The molecule has 0 atom stereocenters. The third kappa shape index (κ3) is 3.36. The first-order valence-corrected chi connectivity index (χ1v) is 8.26. The number of benzene rings is 2. The van der Waals surface area contributed by atoms with Crippen molar-refractivity contribution in [3.8, 4) is 17.2 Å². The van der Waals surface area contributed by atoms with Crippen LogP contribution in [0, 0.1) is 0 Å². The lowest BCUT2D eigenvalue weighted by Gasteiger charge is -2.16. The number of halogens is 2. The summed E-state index contributed by atoms with van der Waals surface area (Å²) in [7, 11) is 0. The molecule has 0 spiro atoms. The lowest BCUT2D eigenvalue weighted by molar-refractivity contribution is -0.115. The van der Waals surface area contributed by atoms with Crippen LogP contribution in [-0.4, -0.2) is 23.6 Å². The molecule has 1 fully saturated rings. The van der Waals surface area contributed by atoms with E-state index in [1.807, 2.05) is 6.92 Å². The maximum Gasteiger partial charge on any atom is 0.329 e. The molecule has 1 heterocycles. The topological polar surface area (TPSA) is 78.9 Å². The first-order valence-electron chi connectivity index (χ1n) is 7.50. The molecule has 25 heavy (non-hydrogen) atoms. The number of ether oxygens (including phenoxy) is 1. The number of imide groups is 1. The van der Waals surface area contributed by atoms with Crippen LogP contribution in [0.1, 0.15) is 12.5 Å². The molecular formula is C17H14Cl2N2O4. The largest absolute Gasteiger partial charge is 0.508 e. The second kappa shape index (κ2) is 6.82. The third-order valence-electron chi connectivity index (χ3n) is 3.74. The SMILES string of the molecule is CCc1cc(Oc2c(Cl)cc(N3C(=O)CNC3=O)cc2Cl)ccc1O. The van der Waals surface area contributed by atoms with Gasteiger partial charge in [-0.05, 0) is 42.3 Å². The number of phenolic OH excluding ortho intramolecular Hbond substituents is 1. The van der Waals surface area contributed by atoms with Crippen LogP contribution in [0.15, 0.2) is 30.3 Å². The monoisotopic (exact) mass is 380 g/mol. The van der Waals surface area contributed by atoms with Gasteiger partial charge in [-0.3, -0.25) is 4.79 Å². The summed E-state index contributed by atoms with van der Waals surface area (Å²) in [5.74, 6) is 0.450. The van der Waals surface area contributed by atoms with E-state index >= 15 is 0 Å². The Morgan fingerprint density at radius 2 is 1.88 bits per heavy atom. The number of phenols is 1. The van der Waals surface area contributed by atoms with Crippen molar-refractivity contribution < 1.29 is 19.4 Å². The molecule has 0 aliphatic carbocycles. The predicted molar refractivity (Wildman–Crippen MR) is 94.9 cm³/mol. The van der Waals surface area contributed by atoms with Crippen molar-refractivity contribution in [3.05, 3.63) is 45.9 Å². The fraction of sp³-hybridized carbons (Fsp3) is 0.176. The second-order valence-electron chi connectivity index (χ2n) is 5.37. The maximum absolute atomic E-state index is 11.8. The molecule has 1 aliphatic heterocycles. The standard InChI is InChI=1S/C17H14Cl2N2O4/c1-2-9-5-11(3-4-14(9)22)25-16-12(18)6-10(7-13(16)19)21-15(23)8-20-17(21)24/h3-7,22H,2,8H2,1H3,(H,20,24). The van der Waals surface area contributed by atoms with Gasteiger partial charge in [-0.2, -0.15) is 0 Å². The molecule has 3 amide bonds. The fourth-order valence-electron chi connectivity index (χ4n) is 2.48. The number of hydrogen-bond donors (Lipinski definition) is 2. The summed E-state index contributed by atoms with van der Waals surface area (Å²) in [6, 6.07) is 7.15. The van der Waals surface area contributed by atoms with Gasteiger partial charge in [-0.15, -0.1) is 0 Å². The molecular weight excluding hydrogens is 367 g/mol. The molecule has 8 heteroatoms. The van der Waals surface area contributed by atoms with E-state index in [1.54, 1.807) is 12.1 Å². The maximum atomic E-state index is 11.8. The van der Waals surface area contributed by atoms with E-state index in [4.69, 9.17) is 27.9 Å². The summed E-state index contributed by atoms with van der Waals surface area (Å²) in [5, 5.41) is 12.5. The molecule has 0 aromatic heterocycles. The summed E-state index contributed by atoms with van der Waals surface area (Å²) < 4.78 is 5.73. The van der Waals surface area contributed by atoms with Crippen molar-refractivity contribution in [2.24, 2.45) is 0 Å². The van der Waals surface area contributed by atoms with Crippen LogP contribution in [-0.2, 0) is 11.2 Å². The van der Waals surface area contributed by atoms with Crippen molar-refractivity contribution in [1.82, 2.24) is 5.32 Å². The van der Waals surface area contributed by atoms with Crippen LogP contribution in [0.5, 0.6) is 17.2 Å². The van der Waals surface area contributed by atoms with Crippen LogP contribution in [0.4, 0.5) is 10.5 Å². The number of carbonyl (C=O) groups excluding carboxylic acids is 2. The number of nitrogens with zero attached hydrogens (tertiary/aromatic N) is 1. The van der Waals surface area contributed by atoms with Crippen molar-refractivity contribution in [2.45, 2.75) is 13.3 Å². The van der Waals surface area contributed by atoms with E-state index in [0.29, 0.717) is 12.2 Å². The van der Waals surface area contributed by atoms with Crippen molar-refractivity contribution in [2.75, 3.05) is 11.4 Å². The van der Waals surface area contributed by atoms with Crippen LogP contribution in [0.25, 0.3) is 0 Å². The average Bonchev–Trinajstić information content (AvgIpc) is 2.91. The smallest absolute Gasteiger partial charge is 0.329 e. The molecule has 0 bridgehead atoms. The highest BCUT2D eigenvalue weighted by atomic mass is 35.5. The molecule has 0 radical (unpaired) electrons. The van der Waals surface area contributed by atoms with Crippen molar-refractivity contribution in [1.29, 1.82) is 0 Å². The number of aryl methyl sites for hydroxylation is 1. The van der Waals surface area contributed by atoms with E-state index < -0.39 is 11.9 Å². The van der Waals surface area contributed by atoms with E-state index in [9.17, 15) is 14.7 Å². The highest BCUT2D eigenvalue weighted by molar-refractivity contribution is 6.38. The third-order valence-corrected chi connectivity index (χ3v) is 4.30. The summed E-state index contributed by atoms with van der Waals surface area (Å²) in [6.07, 6.45) is 0.635. The Morgan fingerprint density at radius 1 is 1.20 bits per heavy atom. The lowest BCUT2D eigenvalue weighted by atomic mass is 10.1. The van der Waals surface area contributed by atoms with Gasteiger partial charge >= 0.3 is 6.03 Å². The number of amides is 3. The second-order valence-corrected chi connectivity index (χ2v) is 6.19. The van der Waals surface area contributed by atoms with Crippen molar-refractivity contribution in [3.63, 3.8) is 0 Å². The van der Waals surface area contributed by atoms with Crippen LogP contribution in [0.3, 0.4) is 0 Å². The van der Waals surface area contributed by atoms with Gasteiger partial charge in [0.2, 0.25) is 0 Å². The molecule has 0 unspecified atom stereocenters. The van der Waals surface area contributed by atoms with E-state index in [0.717, 1.165) is 10.5 Å². The van der Waals surface area contributed by atoms with Gasteiger partial charge in [0.05, 0.1) is 22.3 Å². The molecule has 2 N–H and O–H groups in total. The molecule has 1 aliphatic rings. The zero-order valence-electron chi connectivity index (χ0n) is 13.2. The Balaban J connectivity index is 1.93. The highest BCUT2D eigenvalue weighted by Crippen LogP contribution is 2.40. The van der Waals surface area contributed by atoms with E-state index in [1.165, 1.54) is 18.2 Å². The zero-order chi connectivity index (χ0) is 18.1. The van der Waals surface area contributed by atoms with Crippen LogP contribution >= 0.6 is 23.2 Å². The average molecular weight is 381 g/mol. The van der Waals surface area contributed by atoms with Gasteiger partial charge in [-0.1, -0.05) is 30.1 Å². The summed E-state index contributed by atoms with van der Waals surface area (Å²) >= 11 is 12.5. The minimum Gasteiger partial charge on any atom is -0.508 e. The van der Waals surface area contributed by atoms with Crippen molar-refractivity contribution >= 4 is 40.8 Å². The first kappa shape index (κ1) is 17.4. The number of nitrogens with one attached hydrogen (secondary N) is 1. The number of urea groups is 1. The summed E-state index contributed by atoms with van der Waals surface area (Å²) in [4.78, 5) is 24.5. The van der Waals surface area contributed by atoms with E-state index in [-0.39, 0.29) is 33.8 Å². The Bertz CT molecular complexity index is 831. The number of aromatic hydroxyl groups is 1. The molecule has 0 saturated carbocycles. The Morgan fingerprint density at radius 3 is 2.44 bits per heavy atom. The van der Waals surface area contributed by atoms with Gasteiger partial charge in [-0.25, -0.2) is 9.69 Å². The predicted octanol–water partition coefficient (Wildman–Crippen LogP) is 4.11. The minimum absolute atomic E-state index is 0.0698. The van der Waals surface area contributed by atoms with Gasteiger partial charge in [0.15, 0.2) is 5.75 Å². The highest BCUT2D eigenvalue weighted by Gasteiger charge is 2.31. The van der Waals surface area contributed by atoms with Gasteiger partial charge < -0.3 is 15.2 Å². The summed E-state index contributed by atoms with van der Waals surface area (Å²) in [6.45, 7) is 1.84. The molecule has 2 aromatic rings. The van der Waals surface area contributed by atoms with Gasteiger partial charge in [0.1, 0.15) is 11.5 Å². The molecule has 1 saturated heterocycles. The molecule has 3 rings (SSSR count). The number of hydrogen-bond acceptors (Lipinski definition) is 4. The van der Waals surface area contributed by atoms with Gasteiger partial charge in [0, 0.05) is 0 Å². The number of rotatable bonds is 4. The zero-order valence-corrected chi connectivity index (χ0v) is 14.7. The minimum atomic E-state index is -0.531. The van der Waals surface area contributed by atoms with Gasteiger partial charge in [0.25, 0.3) is 5.91 Å². The van der Waals surface area contributed by atoms with Crippen LogP contribution in [0.2, 0.25) is 10.0 Å². The summed E-state index contributed by atoms with van der Waals surface area (Å²) in [5.41, 5.74) is 0.989. The quantitative estimate of drug-likeness (QED) is 0.782. The Labute approximate surface area is 153 Å².